The van der Waals surface area contributed by atoms with Crippen molar-refractivity contribution in [2.45, 2.75) is 0 Å². The third-order valence-electron chi connectivity index (χ3n) is 1.76. The normalized spacial score (nSPS) is 10.4. The summed E-state index contributed by atoms with van der Waals surface area (Å²) in [5.74, 6) is -0.272. The van der Waals surface area contributed by atoms with Crippen molar-refractivity contribution in [1.29, 1.82) is 0 Å². The first-order chi connectivity index (χ1) is 6.72. The molecular weight excluding hydrogens is 186 g/mol. The van der Waals surface area contributed by atoms with Crippen molar-refractivity contribution >= 4 is 22.9 Å². The molecule has 0 fully saturated rings. The molecule has 0 spiro atoms. The Bertz CT molecular complexity index is 492. The maximum Gasteiger partial charge on any atom is 0.339 e. The number of hydrogen-bond donors (Lipinski definition) is 1. The molecule has 2 aromatic rings. The highest BCUT2D eigenvalue weighted by Crippen LogP contribution is 2.18. The van der Waals surface area contributed by atoms with Crippen LogP contribution in [0.25, 0.3) is 11.1 Å². The van der Waals surface area contributed by atoms with E-state index < -0.39 is 5.97 Å². The molecule has 0 amide bonds. The van der Waals surface area contributed by atoms with Gasteiger partial charge in [0.2, 0.25) is 0 Å². The van der Waals surface area contributed by atoms with Crippen LogP contribution in [0.4, 0.5) is 5.82 Å². The first kappa shape index (κ1) is 8.49. The Labute approximate surface area is 78.6 Å². The summed E-state index contributed by atoms with van der Waals surface area (Å²) in [4.78, 5) is 15.0. The fourth-order valence-electron chi connectivity index (χ4n) is 1.08. The topological polar surface area (TPSA) is 91.2 Å². The minimum atomic E-state index is -0.477. The summed E-state index contributed by atoms with van der Waals surface area (Å²) in [5.41, 5.74) is 6.56. The number of nitrogens with two attached hydrogens (primary N) is 1. The summed E-state index contributed by atoms with van der Waals surface area (Å²) in [5, 5.41) is 3.51. The zero-order valence-corrected chi connectivity index (χ0v) is 7.35. The highest BCUT2D eigenvalue weighted by molar-refractivity contribution is 5.93. The lowest BCUT2D eigenvalue weighted by atomic mass is 10.2. The fourth-order valence-corrected chi connectivity index (χ4v) is 1.08. The number of aromatic nitrogens is 2. The minimum absolute atomic E-state index is 0.205. The van der Waals surface area contributed by atoms with Crippen molar-refractivity contribution in [3.05, 3.63) is 17.8 Å². The van der Waals surface area contributed by atoms with E-state index in [1.807, 2.05) is 0 Å². The third kappa shape index (κ3) is 1.17. The SMILES string of the molecule is COC(=O)c1cnc2c(N)noc2c1. The van der Waals surface area contributed by atoms with E-state index >= 15 is 0 Å². The number of carbonyl (C=O) groups is 1. The van der Waals surface area contributed by atoms with E-state index in [2.05, 4.69) is 14.9 Å². The summed E-state index contributed by atoms with van der Waals surface area (Å²) in [6, 6.07) is 1.48. The molecule has 0 aliphatic carbocycles. The van der Waals surface area contributed by atoms with Gasteiger partial charge in [-0.2, -0.15) is 0 Å². The van der Waals surface area contributed by atoms with E-state index in [9.17, 15) is 4.79 Å². The van der Waals surface area contributed by atoms with Gasteiger partial charge < -0.3 is 15.0 Å². The van der Waals surface area contributed by atoms with Gasteiger partial charge in [0.15, 0.2) is 16.9 Å². The van der Waals surface area contributed by atoms with Crippen LogP contribution in [0, 0.1) is 0 Å². The largest absolute Gasteiger partial charge is 0.465 e. The number of hydrogen-bond acceptors (Lipinski definition) is 6. The predicted molar refractivity (Wildman–Crippen MR) is 47.6 cm³/mol. The van der Waals surface area contributed by atoms with E-state index in [4.69, 9.17) is 10.3 Å². The molecule has 0 unspecified atom stereocenters. The molecule has 0 aliphatic rings. The van der Waals surface area contributed by atoms with E-state index in [0.29, 0.717) is 16.7 Å². The Hall–Kier alpha value is -2.11. The van der Waals surface area contributed by atoms with Crippen molar-refractivity contribution in [3.63, 3.8) is 0 Å². The molecule has 6 heteroatoms. The number of esters is 1. The van der Waals surface area contributed by atoms with Crippen LogP contribution in [0.3, 0.4) is 0 Å². The Balaban J connectivity index is 2.57. The van der Waals surface area contributed by atoms with Crippen LogP contribution in [0.15, 0.2) is 16.8 Å². The summed E-state index contributed by atoms with van der Waals surface area (Å²) >= 11 is 0. The number of methoxy groups -OCH3 is 1. The molecule has 0 aliphatic heterocycles. The number of rotatable bonds is 1. The van der Waals surface area contributed by atoms with Crippen LogP contribution in [-0.2, 0) is 4.74 Å². The molecule has 6 nitrogen and oxygen atoms in total. The van der Waals surface area contributed by atoms with Gasteiger partial charge in [0.1, 0.15) is 0 Å². The van der Waals surface area contributed by atoms with E-state index in [1.165, 1.54) is 19.4 Å². The predicted octanol–water partition coefficient (Wildman–Crippen LogP) is 0.592. The molecule has 2 heterocycles. The molecule has 0 bridgehead atoms. The molecule has 0 atom stereocenters. The van der Waals surface area contributed by atoms with Crippen LogP contribution < -0.4 is 5.73 Å². The second-order valence-corrected chi connectivity index (χ2v) is 2.63. The minimum Gasteiger partial charge on any atom is -0.465 e. The summed E-state index contributed by atoms with van der Waals surface area (Å²) in [7, 11) is 1.29. The van der Waals surface area contributed by atoms with Gasteiger partial charge >= 0.3 is 5.97 Å². The lowest BCUT2D eigenvalue weighted by Gasteiger charge is -1.96. The number of anilines is 1. The lowest BCUT2D eigenvalue weighted by molar-refractivity contribution is 0.0600. The second kappa shape index (κ2) is 2.99. The van der Waals surface area contributed by atoms with E-state index in [-0.39, 0.29) is 5.82 Å². The number of pyridine rings is 1. The zero-order chi connectivity index (χ0) is 10.1. The Morgan fingerprint density at radius 2 is 2.43 bits per heavy atom. The molecule has 2 aromatic heterocycles. The highest BCUT2D eigenvalue weighted by Gasteiger charge is 2.11. The third-order valence-corrected chi connectivity index (χ3v) is 1.76. The first-order valence-electron chi connectivity index (χ1n) is 3.81. The van der Waals surface area contributed by atoms with Gasteiger partial charge in [0, 0.05) is 12.3 Å². The zero-order valence-electron chi connectivity index (χ0n) is 7.35. The Kier molecular flexibility index (Phi) is 1.81. The summed E-state index contributed by atoms with van der Waals surface area (Å²) in [6.45, 7) is 0. The monoisotopic (exact) mass is 193 g/mol. The summed E-state index contributed by atoms with van der Waals surface area (Å²) in [6.07, 6.45) is 1.36. The van der Waals surface area contributed by atoms with Gasteiger partial charge in [-0.3, -0.25) is 0 Å². The Morgan fingerprint density at radius 3 is 3.14 bits per heavy atom. The second-order valence-electron chi connectivity index (χ2n) is 2.63. The number of carbonyl (C=O) groups excluding carboxylic acids is 1. The van der Waals surface area contributed by atoms with Gasteiger partial charge in [-0.15, -0.1) is 0 Å². The molecule has 2 N–H and O–H groups in total. The number of fused-ring (bicyclic) bond motifs is 1. The number of nitrogens with zero attached hydrogens (tertiary/aromatic N) is 2. The maximum absolute atomic E-state index is 11.1. The Morgan fingerprint density at radius 1 is 1.64 bits per heavy atom. The fraction of sp³-hybridized carbons (Fsp3) is 0.125. The van der Waals surface area contributed by atoms with Crippen molar-refractivity contribution in [3.8, 4) is 0 Å². The van der Waals surface area contributed by atoms with Crippen LogP contribution >= 0.6 is 0 Å². The van der Waals surface area contributed by atoms with E-state index in [0.717, 1.165) is 0 Å². The van der Waals surface area contributed by atoms with Crippen LogP contribution in [-0.4, -0.2) is 23.2 Å². The van der Waals surface area contributed by atoms with Crippen LogP contribution in [0.1, 0.15) is 10.4 Å². The quantitative estimate of drug-likeness (QED) is 0.666. The highest BCUT2D eigenvalue weighted by atomic mass is 16.5. The average Bonchev–Trinajstić information content (AvgIpc) is 2.59. The molecule has 0 radical (unpaired) electrons. The number of ether oxygens (including phenoxy) is 1. The molecule has 0 saturated carbocycles. The lowest BCUT2D eigenvalue weighted by Crippen LogP contribution is -2.01. The molecule has 0 aromatic carbocycles. The van der Waals surface area contributed by atoms with Crippen molar-refractivity contribution in [2.75, 3.05) is 12.8 Å². The van der Waals surface area contributed by atoms with Gasteiger partial charge in [-0.05, 0) is 0 Å². The van der Waals surface area contributed by atoms with E-state index in [1.54, 1.807) is 0 Å². The molecular formula is C8H7N3O3. The van der Waals surface area contributed by atoms with Crippen molar-refractivity contribution in [1.82, 2.24) is 10.1 Å². The maximum atomic E-state index is 11.1. The summed E-state index contributed by atoms with van der Waals surface area (Å²) < 4.78 is 9.36. The first-order valence-corrected chi connectivity index (χ1v) is 3.81. The molecule has 2 rings (SSSR count). The standard InChI is InChI=1S/C8H7N3O3/c1-13-8(12)4-2-5-6(10-3-4)7(9)11-14-5/h2-3H,1H3,(H2,9,11). The van der Waals surface area contributed by atoms with Crippen molar-refractivity contribution < 1.29 is 14.1 Å². The van der Waals surface area contributed by atoms with Gasteiger partial charge in [0.05, 0.1) is 12.7 Å². The molecule has 14 heavy (non-hydrogen) atoms. The molecule has 72 valence electrons. The molecule has 0 saturated heterocycles. The van der Waals surface area contributed by atoms with Gasteiger partial charge in [0.25, 0.3) is 0 Å². The smallest absolute Gasteiger partial charge is 0.339 e. The van der Waals surface area contributed by atoms with Crippen LogP contribution in [0.2, 0.25) is 0 Å². The van der Waals surface area contributed by atoms with Crippen LogP contribution in [0.5, 0.6) is 0 Å². The van der Waals surface area contributed by atoms with Gasteiger partial charge in [-0.1, -0.05) is 5.16 Å². The average molecular weight is 193 g/mol. The number of nitrogen functional groups attached to an aromatic ring is 1. The van der Waals surface area contributed by atoms with Gasteiger partial charge in [-0.25, -0.2) is 9.78 Å². The van der Waals surface area contributed by atoms with Crippen molar-refractivity contribution in [2.24, 2.45) is 0 Å².